The van der Waals surface area contributed by atoms with Crippen molar-refractivity contribution >= 4 is 5.97 Å². The van der Waals surface area contributed by atoms with Crippen molar-refractivity contribution in [3.05, 3.63) is 0 Å². The van der Waals surface area contributed by atoms with Gasteiger partial charge in [0, 0.05) is 25.1 Å². The zero-order valence-corrected chi connectivity index (χ0v) is 11.8. The Balaban J connectivity index is 2.15. The summed E-state index contributed by atoms with van der Waals surface area (Å²) in [4.78, 5) is 12.1. The molecule has 2 rings (SSSR count). The zero-order chi connectivity index (χ0) is 13.2. The summed E-state index contributed by atoms with van der Waals surface area (Å²) in [5.74, 6) is -0.0462. The van der Waals surface area contributed by atoms with E-state index in [2.05, 4.69) is 19.2 Å². The highest BCUT2D eigenvalue weighted by atomic mass is 16.5. The van der Waals surface area contributed by atoms with E-state index in [-0.39, 0.29) is 22.9 Å². The summed E-state index contributed by atoms with van der Waals surface area (Å²) in [6.45, 7) is 9.06. The molecule has 2 aliphatic rings. The standard InChI is InChI=1S/C14H25NO3/c1-4-13(3)9-14(6-7-18-13)10-15-8-11(14)12(16)17-5-2/h11,15H,4-10H2,1-3H3. The van der Waals surface area contributed by atoms with Gasteiger partial charge in [-0.1, -0.05) is 6.92 Å². The first-order valence-corrected chi connectivity index (χ1v) is 7.06. The molecule has 0 aliphatic carbocycles. The number of hydrogen-bond acceptors (Lipinski definition) is 4. The highest BCUT2D eigenvalue weighted by molar-refractivity contribution is 5.74. The number of carbonyl (C=O) groups is 1. The van der Waals surface area contributed by atoms with Gasteiger partial charge in [-0.3, -0.25) is 4.79 Å². The lowest BCUT2D eigenvalue weighted by Crippen LogP contribution is -2.48. The van der Waals surface area contributed by atoms with Crippen LogP contribution in [0.5, 0.6) is 0 Å². The molecule has 2 aliphatic heterocycles. The molecule has 4 heteroatoms. The second-order valence-electron chi connectivity index (χ2n) is 5.88. The van der Waals surface area contributed by atoms with Gasteiger partial charge in [0.1, 0.15) is 0 Å². The predicted molar refractivity (Wildman–Crippen MR) is 69.3 cm³/mol. The Bertz CT molecular complexity index is 320. The molecule has 0 amide bonds. The van der Waals surface area contributed by atoms with Crippen LogP contribution < -0.4 is 5.32 Å². The van der Waals surface area contributed by atoms with E-state index in [0.29, 0.717) is 6.61 Å². The van der Waals surface area contributed by atoms with Crippen molar-refractivity contribution in [2.75, 3.05) is 26.3 Å². The van der Waals surface area contributed by atoms with Crippen molar-refractivity contribution in [2.45, 2.75) is 45.6 Å². The molecular formula is C14H25NO3. The van der Waals surface area contributed by atoms with E-state index >= 15 is 0 Å². The maximum absolute atomic E-state index is 12.1. The summed E-state index contributed by atoms with van der Waals surface area (Å²) in [7, 11) is 0. The van der Waals surface area contributed by atoms with E-state index in [9.17, 15) is 4.79 Å². The Hall–Kier alpha value is -0.610. The third-order valence-electron chi connectivity index (χ3n) is 4.66. The Kier molecular flexibility index (Phi) is 3.97. The van der Waals surface area contributed by atoms with Crippen molar-refractivity contribution in [2.24, 2.45) is 11.3 Å². The van der Waals surface area contributed by atoms with Gasteiger partial charge < -0.3 is 14.8 Å². The molecule has 104 valence electrons. The number of rotatable bonds is 3. The van der Waals surface area contributed by atoms with Crippen LogP contribution in [-0.4, -0.2) is 37.9 Å². The fourth-order valence-electron chi connectivity index (χ4n) is 3.44. The Morgan fingerprint density at radius 3 is 2.94 bits per heavy atom. The number of nitrogens with one attached hydrogen (secondary N) is 1. The van der Waals surface area contributed by atoms with Crippen molar-refractivity contribution in [1.29, 1.82) is 0 Å². The molecule has 0 radical (unpaired) electrons. The molecule has 4 nitrogen and oxygen atoms in total. The van der Waals surface area contributed by atoms with Crippen molar-refractivity contribution < 1.29 is 14.3 Å². The first-order valence-electron chi connectivity index (χ1n) is 7.06. The largest absolute Gasteiger partial charge is 0.466 e. The first kappa shape index (κ1) is 13.8. The summed E-state index contributed by atoms with van der Waals surface area (Å²) < 4.78 is 11.1. The molecule has 1 spiro atoms. The third kappa shape index (κ3) is 2.41. The summed E-state index contributed by atoms with van der Waals surface area (Å²) in [6, 6.07) is 0. The van der Waals surface area contributed by atoms with Crippen LogP contribution in [0.25, 0.3) is 0 Å². The minimum absolute atomic E-state index is 0.00720. The molecule has 18 heavy (non-hydrogen) atoms. The van der Waals surface area contributed by atoms with Crippen LogP contribution in [0, 0.1) is 11.3 Å². The highest BCUT2D eigenvalue weighted by Gasteiger charge is 2.52. The number of hydrogen-bond donors (Lipinski definition) is 1. The first-order chi connectivity index (χ1) is 8.55. The number of ether oxygens (including phenoxy) is 2. The fourth-order valence-corrected chi connectivity index (χ4v) is 3.44. The van der Waals surface area contributed by atoms with Crippen LogP contribution >= 0.6 is 0 Å². The van der Waals surface area contributed by atoms with E-state index < -0.39 is 0 Å². The predicted octanol–water partition coefficient (Wildman–Crippen LogP) is 1.73. The Labute approximate surface area is 109 Å². The van der Waals surface area contributed by atoms with Gasteiger partial charge in [0.2, 0.25) is 0 Å². The van der Waals surface area contributed by atoms with Crippen LogP contribution in [0.1, 0.15) is 40.0 Å². The third-order valence-corrected chi connectivity index (χ3v) is 4.66. The number of carbonyl (C=O) groups excluding carboxylic acids is 1. The summed E-state index contributed by atoms with van der Waals surface area (Å²) in [5, 5.41) is 3.38. The van der Waals surface area contributed by atoms with Crippen LogP contribution in [0.3, 0.4) is 0 Å². The molecule has 2 fully saturated rings. The van der Waals surface area contributed by atoms with Gasteiger partial charge in [0.25, 0.3) is 0 Å². The van der Waals surface area contributed by atoms with Crippen molar-refractivity contribution in [1.82, 2.24) is 5.32 Å². The monoisotopic (exact) mass is 255 g/mol. The SMILES string of the molecule is CCOC(=O)C1CNCC12CCOC(C)(CC)C2. The summed E-state index contributed by atoms with van der Waals surface area (Å²) in [6.07, 6.45) is 2.90. The molecular weight excluding hydrogens is 230 g/mol. The van der Waals surface area contributed by atoms with Crippen LogP contribution in [0.4, 0.5) is 0 Å². The Morgan fingerprint density at radius 1 is 1.50 bits per heavy atom. The second-order valence-corrected chi connectivity index (χ2v) is 5.88. The molecule has 0 saturated carbocycles. The normalized spacial score (nSPS) is 40.1. The molecule has 0 bridgehead atoms. The quantitative estimate of drug-likeness (QED) is 0.780. The average Bonchev–Trinajstić information content (AvgIpc) is 2.72. The van der Waals surface area contributed by atoms with Crippen molar-refractivity contribution in [3.63, 3.8) is 0 Å². The van der Waals surface area contributed by atoms with E-state index in [0.717, 1.165) is 39.0 Å². The van der Waals surface area contributed by atoms with Gasteiger partial charge in [-0.05, 0) is 33.1 Å². The maximum atomic E-state index is 12.1. The van der Waals surface area contributed by atoms with E-state index in [1.165, 1.54) is 0 Å². The van der Waals surface area contributed by atoms with E-state index in [1.54, 1.807) is 0 Å². The van der Waals surface area contributed by atoms with Crippen LogP contribution in [0.2, 0.25) is 0 Å². The minimum Gasteiger partial charge on any atom is -0.466 e. The molecule has 1 N–H and O–H groups in total. The summed E-state index contributed by atoms with van der Waals surface area (Å²) >= 11 is 0. The average molecular weight is 255 g/mol. The molecule has 2 heterocycles. The van der Waals surface area contributed by atoms with Crippen LogP contribution in [0.15, 0.2) is 0 Å². The highest BCUT2D eigenvalue weighted by Crippen LogP contribution is 2.47. The van der Waals surface area contributed by atoms with Crippen molar-refractivity contribution in [3.8, 4) is 0 Å². The van der Waals surface area contributed by atoms with Gasteiger partial charge >= 0.3 is 5.97 Å². The Morgan fingerprint density at radius 2 is 2.28 bits per heavy atom. The van der Waals surface area contributed by atoms with Gasteiger partial charge in [0.05, 0.1) is 18.1 Å². The number of esters is 1. The van der Waals surface area contributed by atoms with E-state index in [4.69, 9.17) is 9.47 Å². The maximum Gasteiger partial charge on any atom is 0.310 e. The lowest BCUT2D eigenvalue weighted by Gasteiger charge is -2.46. The van der Waals surface area contributed by atoms with Gasteiger partial charge in [-0.2, -0.15) is 0 Å². The molecule has 3 atom stereocenters. The lowest BCUT2D eigenvalue weighted by molar-refractivity contribution is -0.161. The molecule has 3 unspecified atom stereocenters. The molecule has 2 saturated heterocycles. The second kappa shape index (κ2) is 5.17. The molecule has 0 aromatic heterocycles. The van der Waals surface area contributed by atoms with E-state index in [1.807, 2.05) is 6.92 Å². The van der Waals surface area contributed by atoms with Crippen LogP contribution in [-0.2, 0) is 14.3 Å². The van der Waals surface area contributed by atoms with Gasteiger partial charge in [0.15, 0.2) is 0 Å². The fraction of sp³-hybridized carbons (Fsp3) is 0.929. The molecule has 0 aromatic rings. The minimum atomic E-state index is -0.0883. The van der Waals surface area contributed by atoms with Gasteiger partial charge in [-0.25, -0.2) is 0 Å². The lowest BCUT2D eigenvalue weighted by atomic mass is 9.67. The smallest absolute Gasteiger partial charge is 0.310 e. The topological polar surface area (TPSA) is 47.6 Å². The zero-order valence-electron chi connectivity index (χ0n) is 11.8. The molecule has 0 aromatic carbocycles. The van der Waals surface area contributed by atoms with Gasteiger partial charge in [-0.15, -0.1) is 0 Å². The summed E-state index contributed by atoms with van der Waals surface area (Å²) in [5.41, 5.74) is -0.0513.